The van der Waals surface area contributed by atoms with Gasteiger partial charge in [0.15, 0.2) is 11.5 Å². The molecule has 1 unspecified atom stereocenters. The molecule has 2 rings (SSSR count). The van der Waals surface area contributed by atoms with Crippen molar-refractivity contribution in [1.82, 2.24) is 10.2 Å². The Labute approximate surface area is 120 Å². The van der Waals surface area contributed by atoms with Gasteiger partial charge in [-0.05, 0) is 20.2 Å². The number of benzene rings is 1. The minimum Gasteiger partial charge on any atom is -0.490 e. The normalized spacial score (nSPS) is 16.0. The molecule has 1 aliphatic heterocycles. The molecule has 0 aliphatic carbocycles. The summed E-state index contributed by atoms with van der Waals surface area (Å²) in [6, 6.07) is 5.94. The van der Waals surface area contributed by atoms with Crippen molar-refractivity contribution in [2.45, 2.75) is 19.1 Å². The van der Waals surface area contributed by atoms with Crippen LogP contribution in [0.1, 0.15) is 12.0 Å². The lowest BCUT2D eigenvalue weighted by atomic mass is 10.2. The van der Waals surface area contributed by atoms with Gasteiger partial charge in [-0.3, -0.25) is 0 Å². The summed E-state index contributed by atoms with van der Waals surface area (Å²) in [5.74, 6) is 1.65. The minimum absolute atomic E-state index is 0.371. The molecule has 1 aliphatic rings. The molecule has 0 saturated carbocycles. The standard InChI is InChI=1S/C15H24N2O3/c1-17(2)11-13(18)10-16-9-12-5-3-6-14-15(12)20-8-4-7-19-14/h3,5-6,13,16,18H,4,7-11H2,1-2H3. The zero-order chi connectivity index (χ0) is 14.4. The average molecular weight is 280 g/mol. The predicted octanol–water partition coefficient (Wildman–Crippen LogP) is 0.860. The minimum atomic E-state index is -0.371. The number of rotatable bonds is 6. The summed E-state index contributed by atoms with van der Waals surface area (Å²) < 4.78 is 11.4. The number of likely N-dealkylation sites (N-methyl/N-ethyl adjacent to an activating group) is 1. The van der Waals surface area contributed by atoms with Crippen LogP contribution in [0, 0.1) is 0 Å². The van der Waals surface area contributed by atoms with E-state index >= 15 is 0 Å². The second-order valence-corrected chi connectivity index (χ2v) is 5.34. The maximum absolute atomic E-state index is 9.82. The molecule has 0 radical (unpaired) electrons. The van der Waals surface area contributed by atoms with Gasteiger partial charge >= 0.3 is 0 Å². The topological polar surface area (TPSA) is 54.0 Å². The highest BCUT2D eigenvalue weighted by Crippen LogP contribution is 2.33. The Kier molecular flexibility index (Phi) is 5.64. The Morgan fingerprint density at radius 2 is 2.10 bits per heavy atom. The number of hydrogen-bond donors (Lipinski definition) is 2. The fourth-order valence-corrected chi connectivity index (χ4v) is 2.25. The van der Waals surface area contributed by atoms with Crippen LogP contribution in [-0.4, -0.2) is 56.5 Å². The molecule has 0 amide bonds. The van der Waals surface area contributed by atoms with E-state index in [9.17, 15) is 5.11 Å². The summed E-state index contributed by atoms with van der Waals surface area (Å²) in [6.45, 7) is 3.26. The van der Waals surface area contributed by atoms with Crippen molar-refractivity contribution in [2.75, 3.05) is 40.4 Å². The maximum Gasteiger partial charge on any atom is 0.165 e. The van der Waals surface area contributed by atoms with Crippen molar-refractivity contribution in [3.05, 3.63) is 23.8 Å². The summed E-state index contributed by atoms with van der Waals surface area (Å²) in [5.41, 5.74) is 1.07. The van der Waals surface area contributed by atoms with E-state index in [1.165, 1.54) is 0 Å². The third-order valence-corrected chi connectivity index (χ3v) is 3.12. The van der Waals surface area contributed by atoms with Crippen molar-refractivity contribution >= 4 is 0 Å². The van der Waals surface area contributed by atoms with Crippen molar-refractivity contribution in [1.29, 1.82) is 0 Å². The highest BCUT2D eigenvalue weighted by molar-refractivity contribution is 5.47. The van der Waals surface area contributed by atoms with Crippen LogP contribution in [0.15, 0.2) is 18.2 Å². The summed E-state index contributed by atoms with van der Waals surface area (Å²) in [6.07, 6.45) is 0.535. The highest BCUT2D eigenvalue weighted by Gasteiger charge is 2.14. The van der Waals surface area contributed by atoms with Crippen LogP contribution in [-0.2, 0) is 6.54 Å². The van der Waals surface area contributed by atoms with Crippen LogP contribution < -0.4 is 14.8 Å². The van der Waals surface area contributed by atoms with Crippen LogP contribution in [0.4, 0.5) is 0 Å². The van der Waals surface area contributed by atoms with Crippen molar-refractivity contribution < 1.29 is 14.6 Å². The van der Waals surface area contributed by atoms with Gasteiger partial charge in [0.05, 0.1) is 19.3 Å². The Balaban J connectivity index is 1.90. The molecule has 5 heteroatoms. The number of para-hydroxylation sites is 1. The molecule has 0 bridgehead atoms. The number of hydrogen-bond acceptors (Lipinski definition) is 5. The highest BCUT2D eigenvalue weighted by atomic mass is 16.5. The first-order valence-electron chi connectivity index (χ1n) is 7.08. The molecular weight excluding hydrogens is 256 g/mol. The quantitative estimate of drug-likeness (QED) is 0.809. The summed E-state index contributed by atoms with van der Waals surface area (Å²) in [5, 5.41) is 13.1. The van der Waals surface area contributed by atoms with E-state index in [1.54, 1.807) is 0 Å². The zero-order valence-electron chi connectivity index (χ0n) is 12.3. The molecule has 1 atom stereocenters. The first-order valence-corrected chi connectivity index (χ1v) is 7.08. The van der Waals surface area contributed by atoms with Gasteiger partial charge < -0.3 is 24.8 Å². The van der Waals surface area contributed by atoms with Crippen molar-refractivity contribution in [2.24, 2.45) is 0 Å². The molecule has 2 N–H and O–H groups in total. The first-order chi connectivity index (χ1) is 9.66. The van der Waals surface area contributed by atoms with E-state index in [-0.39, 0.29) is 6.10 Å². The van der Waals surface area contributed by atoms with Gasteiger partial charge in [0.25, 0.3) is 0 Å². The first kappa shape index (κ1) is 15.1. The van der Waals surface area contributed by atoms with Gasteiger partial charge in [0.1, 0.15) is 0 Å². The van der Waals surface area contributed by atoms with E-state index < -0.39 is 0 Å². The molecule has 1 heterocycles. The largest absolute Gasteiger partial charge is 0.490 e. The average Bonchev–Trinajstić information content (AvgIpc) is 2.63. The number of nitrogens with zero attached hydrogens (tertiary/aromatic N) is 1. The fraction of sp³-hybridized carbons (Fsp3) is 0.600. The van der Waals surface area contributed by atoms with Crippen LogP contribution in [0.5, 0.6) is 11.5 Å². The van der Waals surface area contributed by atoms with E-state index in [2.05, 4.69) is 5.32 Å². The maximum atomic E-state index is 9.82. The van der Waals surface area contributed by atoms with Gasteiger partial charge in [-0.15, -0.1) is 0 Å². The Morgan fingerprint density at radius 3 is 2.90 bits per heavy atom. The summed E-state index contributed by atoms with van der Waals surface area (Å²) >= 11 is 0. The Hall–Kier alpha value is -1.30. The summed E-state index contributed by atoms with van der Waals surface area (Å²) in [7, 11) is 3.90. The van der Waals surface area contributed by atoms with Crippen molar-refractivity contribution in [3.63, 3.8) is 0 Å². The fourth-order valence-electron chi connectivity index (χ4n) is 2.25. The SMILES string of the molecule is CN(C)CC(O)CNCc1cccc2c1OCCCO2. The van der Waals surface area contributed by atoms with E-state index in [0.29, 0.717) is 32.8 Å². The number of aliphatic hydroxyl groups is 1. The third-order valence-electron chi connectivity index (χ3n) is 3.12. The zero-order valence-corrected chi connectivity index (χ0v) is 12.3. The number of ether oxygens (including phenoxy) is 2. The molecule has 5 nitrogen and oxygen atoms in total. The smallest absolute Gasteiger partial charge is 0.165 e. The molecule has 1 aromatic carbocycles. The van der Waals surface area contributed by atoms with Crippen LogP contribution in [0.25, 0.3) is 0 Å². The molecular formula is C15H24N2O3. The van der Waals surface area contributed by atoms with Crippen LogP contribution in [0.3, 0.4) is 0 Å². The molecule has 20 heavy (non-hydrogen) atoms. The van der Waals surface area contributed by atoms with Crippen molar-refractivity contribution in [3.8, 4) is 11.5 Å². The lowest BCUT2D eigenvalue weighted by Crippen LogP contribution is -2.34. The second-order valence-electron chi connectivity index (χ2n) is 5.34. The van der Waals surface area contributed by atoms with Crippen LogP contribution in [0.2, 0.25) is 0 Å². The van der Waals surface area contributed by atoms with E-state index in [0.717, 1.165) is 23.5 Å². The molecule has 112 valence electrons. The third kappa shape index (κ3) is 4.37. The monoisotopic (exact) mass is 280 g/mol. The van der Waals surface area contributed by atoms with Gasteiger partial charge in [-0.25, -0.2) is 0 Å². The van der Waals surface area contributed by atoms with E-state index in [1.807, 2.05) is 37.2 Å². The van der Waals surface area contributed by atoms with Gasteiger partial charge in [-0.2, -0.15) is 0 Å². The second kappa shape index (κ2) is 7.47. The molecule has 0 fully saturated rings. The molecule has 0 spiro atoms. The van der Waals surface area contributed by atoms with Gasteiger partial charge in [-0.1, -0.05) is 12.1 Å². The lowest BCUT2D eigenvalue weighted by Gasteiger charge is -2.17. The number of nitrogens with one attached hydrogen (secondary N) is 1. The Morgan fingerprint density at radius 1 is 1.30 bits per heavy atom. The molecule has 0 saturated heterocycles. The number of aliphatic hydroxyl groups excluding tert-OH is 1. The number of fused-ring (bicyclic) bond motifs is 1. The van der Waals surface area contributed by atoms with Gasteiger partial charge in [0, 0.05) is 31.6 Å². The summed E-state index contributed by atoms with van der Waals surface area (Å²) in [4.78, 5) is 1.97. The van der Waals surface area contributed by atoms with Crippen LogP contribution >= 0.6 is 0 Å². The predicted molar refractivity (Wildman–Crippen MR) is 78.3 cm³/mol. The Bertz CT molecular complexity index is 424. The van der Waals surface area contributed by atoms with E-state index in [4.69, 9.17) is 9.47 Å². The molecule has 1 aromatic rings. The lowest BCUT2D eigenvalue weighted by molar-refractivity contribution is 0.134. The van der Waals surface area contributed by atoms with Gasteiger partial charge in [0.2, 0.25) is 0 Å². The molecule has 0 aromatic heterocycles.